The van der Waals surface area contributed by atoms with Crippen LogP contribution in [0.15, 0.2) is 29.0 Å². The summed E-state index contributed by atoms with van der Waals surface area (Å²) in [5.74, 6) is -7.63. The third kappa shape index (κ3) is 4.09. The topological polar surface area (TPSA) is 203 Å². The molecule has 0 bridgehead atoms. The van der Waals surface area contributed by atoms with Crippen molar-refractivity contribution in [3.8, 4) is 5.75 Å². The predicted molar refractivity (Wildman–Crippen MR) is 145 cm³/mol. The Morgan fingerprint density at radius 3 is 2.38 bits per heavy atom. The SMILES string of the molecule is CCNC(C)(CC)C(=O)Nc1ccc2c(c1O)C(O)=C1C(=O)[C@]3(O)C(O)=C(C(N)=O)C(=O)[C@@H](N(C)C)C3CC1C2. The molecule has 12 nitrogen and oxygen atoms in total. The van der Waals surface area contributed by atoms with Crippen LogP contribution < -0.4 is 16.4 Å². The second kappa shape index (κ2) is 10.0. The fourth-order valence-corrected chi connectivity index (χ4v) is 6.34. The summed E-state index contributed by atoms with van der Waals surface area (Å²) >= 11 is 0. The lowest BCUT2D eigenvalue weighted by molar-refractivity contribution is -0.153. The molecule has 5 atom stereocenters. The number of phenolic OH excluding ortho intramolecular Hbond substituents is 1. The maximum absolute atomic E-state index is 13.9. The number of nitrogens with two attached hydrogens (primary N) is 1. The second-order valence-corrected chi connectivity index (χ2v) is 11.1. The molecule has 4 rings (SSSR count). The molecule has 3 unspecified atom stereocenters. The lowest BCUT2D eigenvalue weighted by Gasteiger charge is -2.50. The zero-order valence-corrected chi connectivity index (χ0v) is 23.2. The summed E-state index contributed by atoms with van der Waals surface area (Å²) in [7, 11) is 3.09. The Bertz CT molecular complexity index is 1380. The van der Waals surface area contributed by atoms with Gasteiger partial charge in [-0.2, -0.15) is 0 Å². The van der Waals surface area contributed by atoms with Gasteiger partial charge in [0.2, 0.25) is 11.7 Å². The van der Waals surface area contributed by atoms with E-state index in [1.807, 2.05) is 13.8 Å². The van der Waals surface area contributed by atoms with E-state index in [9.17, 15) is 39.6 Å². The van der Waals surface area contributed by atoms with Gasteiger partial charge in [0, 0.05) is 11.5 Å². The first kappa shape index (κ1) is 29.2. The zero-order valence-electron chi connectivity index (χ0n) is 23.2. The van der Waals surface area contributed by atoms with Crippen LogP contribution in [-0.4, -0.2) is 86.5 Å². The van der Waals surface area contributed by atoms with Crippen LogP contribution in [0.4, 0.5) is 5.69 Å². The van der Waals surface area contributed by atoms with Crippen LogP contribution in [0.5, 0.6) is 5.75 Å². The Hall–Kier alpha value is -3.74. The van der Waals surface area contributed by atoms with Crippen LogP contribution in [0.3, 0.4) is 0 Å². The lowest BCUT2D eigenvalue weighted by Crippen LogP contribution is -2.65. The number of fused-ring (bicyclic) bond motifs is 3. The standard InChI is InChI=1S/C28H36N4O8/c1-6-27(3,30-7-2)26(39)31-15-9-8-12-10-13-11-14-19(32(4)5)22(35)18(25(29)38)24(37)28(14,40)23(36)17(13)21(34)16(12)20(15)33/h8-9,13-14,19,30,33-34,37,40H,6-7,10-11H2,1-5H3,(H2,29,38)(H,31,39)/t13?,14?,19-,27?,28-/m0/s1. The first-order valence-corrected chi connectivity index (χ1v) is 13.2. The van der Waals surface area contributed by atoms with E-state index in [1.54, 1.807) is 27.1 Å². The van der Waals surface area contributed by atoms with Gasteiger partial charge >= 0.3 is 0 Å². The van der Waals surface area contributed by atoms with Crippen molar-refractivity contribution in [3.05, 3.63) is 40.2 Å². The van der Waals surface area contributed by atoms with Gasteiger partial charge in [-0.15, -0.1) is 0 Å². The molecule has 1 fully saturated rings. The molecule has 2 amide bonds. The number of rotatable bonds is 7. The molecule has 0 heterocycles. The molecule has 0 radical (unpaired) electrons. The summed E-state index contributed by atoms with van der Waals surface area (Å²) in [6.07, 6.45) is 0.632. The number of hydrogen-bond donors (Lipinski definition) is 7. The van der Waals surface area contributed by atoms with Crippen molar-refractivity contribution in [2.24, 2.45) is 17.6 Å². The molecule has 1 aromatic carbocycles. The summed E-state index contributed by atoms with van der Waals surface area (Å²) in [6.45, 7) is 5.96. The fourth-order valence-electron chi connectivity index (χ4n) is 6.34. The Balaban J connectivity index is 1.84. The molecule has 0 aromatic heterocycles. The van der Waals surface area contributed by atoms with E-state index in [-0.39, 0.29) is 29.7 Å². The Morgan fingerprint density at radius 1 is 1.18 bits per heavy atom. The summed E-state index contributed by atoms with van der Waals surface area (Å²) in [4.78, 5) is 53.6. The molecule has 0 aliphatic heterocycles. The van der Waals surface area contributed by atoms with Crippen molar-refractivity contribution in [1.29, 1.82) is 0 Å². The highest BCUT2D eigenvalue weighted by Crippen LogP contribution is 2.53. The number of amides is 2. The van der Waals surface area contributed by atoms with Gasteiger partial charge in [-0.05, 0) is 64.4 Å². The van der Waals surface area contributed by atoms with E-state index in [4.69, 9.17) is 5.73 Å². The predicted octanol–water partition coefficient (Wildman–Crippen LogP) is 0.681. The minimum Gasteiger partial charge on any atom is -0.508 e. The number of hydrogen-bond acceptors (Lipinski definition) is 10. The first-order valence-electron chi connectivity index (χ1n) is 13.2. The smallest absolute Gasteiger partial charge is 0.255 e. The number of nitrogens with one attached hydrogen (secondary N) is 2. The highest BCUT2D eigenvalue weighted by Gasteiger charge is 2.64. The minimum absolute atomic E-state index is 0.00253. The number of aliphatic hydroxyl groups excluding tert-OH is 2. The summed E-state index contributed by atoms with van der Waals surface area (Å²) in [6, 6.07) is 1.98. The molecule has 40 heavy (non-hydrogen) atoms. The van der Waals surface area contributed by atoms with Gasteiger partial charge in [-0.1, -0.05) is 19.9 Å². The monoisotopic (exact) mass is 556 g/mol. The number of anilines is 1. The number of carbonyl (C=O) groups excluding carboxylic acids is 4. The van der Waals surface area contributed by atoms with Crippen LogP contribution >= 0.6 is 0 Å². The van der Waals surface area contributed by atoms with E-state index in [0.29, 0.717) is 18.5 Å². The number of carbonyl (C=O) groups is 4. The maximum atomic E-state index is 13.9. The van der Waals surface area contributed by atoms with Crippen molar-refractivity contribution in [2.75, 3.05) is 26.0 Å². The number of phenols is 1. The van der Waals surface area contributed by atoms with Crippen molar-refractivity contribution in [3.63, 3.8) is 0 Å². The Kier molecular flexibility index (Phi) is 7.33. The number of benzene rings is 1. The largest absolute Gasteiger partial charge is 0.508 e. The number of aromatic hydroxyl groups is 1. The van der Waals surface area contributed by atoms with Crippen molar-refractivity contribution >= 4 is 34.8 Å². The average molecular weight is 557 g/mol. The van der Waals surface area contributed by atoms with E-state index in [0.717, 1.165) is 0 Å². The van der Waals surface area contributed by atoms with Gasteiger partial charge in [0.25, 0.3) is 5.91 Å². The summed E-state index contributed by atoms with van der Waals surface area (Å²) < 4.78 is 0. The highest BCUT2D eigenvalue weighted by atomic mass is 16.3. The molecule has 8 N–H and O–H groups in total. The molecule has 0 spiro atoms. The Morgan fingerprint density at radius 2 is 1.82 bits per heavy atom. The summed E-state index contributed by atoms with van der Waals surface area (Å²) in [5, 5.41) is 50.9. The highest BCUT2D eigenvalue weighted by molar-refractivity contribution is 6.24. The van der Waals surface area contributed by atoms with Gasteiger partial charge in [0.1, 0.15) is 22.8 Å². The number of primary amides is 1. The van der Waals surface area contributed by atoms with Gasteiger partial charge in [0.05, 0.1) is 22.8 Å². The Labute approximate surface area is 231 Å². The number of aliphatic hydroxyl groups is 3. The second-order valence-electron chi connectivity index (χ2n) is 11.1. The lowest BCUT2D eigenvalue weighted by atomic mass is 9.57. The molecule has 3 aliphatic rings. The van der Waals surface area contributed by atoms with E-state index < -0.39 is 75.2 Å². The van der Waals surface area contributed by atoms with Crippen molar-refractivity contribution in [2.45, 2.75) is 57.2 Å². The minimum atomic E-state index is -2.71. The average Bonchev–Trinajstić information content (AvgIpc) is 2.87. The molecular weight excluding hydrogens is 520 g/mol. The van der Waals surface area contributed by atoms with Crippen LogP contribution in [0.1, 0.15) is 44.7 Å². The molecule has 216 valence electrons. The van der Waals surface area contributed by atoms with Crippen LogP contribution in [0, 0.1) is 11.8 Å². The molecule has 1 aromatic rings. The first-order chi connectivity index (χ1) is 18.6. The summed E-state index contributed by atoms with van der Waals surface area (Å²) in [5.41, 5.74) is 1.01. The van der Waals surface area contributed by atoms with Crippen LogP contribution in [-0.2, 0) is 25.6 Å². The van der Waals surface area contributed by atoms with Gasteiger partial charge in [0.15, 0.2) is 11.4 Å². The number of likely N-dealkylation sites (N-methyl/N-ethyl adjacent to an activating group) is 2. The zero-order chi connectivity index (χ0) is 29.9. The quantitative estimate of drug-likeness (QED) is 0.185. The van der Waals surface area contributed by atoms with Gasteiger partial charge in [-0.25, -0.2) is 0 Å². The number of Topliss-reactive ketones (excluding diaryl/α,β-unsaturated/α-hetero) is 2. The van der Waals surface area contributed by atoms with Gasteiger partial charge < -0.3 is 36.8 Å². The fraction of sp³-hybridized carbons (Fsp3) is 0.500. The van der Waals surface area contributed by atoms with Crippen LogP contribution in [0.2, 0.25) is 0 Å². The molecule has 12 heteroatoms. The normalized spacial score (nSPS) is 27.6. The van der Waals surface area contributed by atoms with Gasteiger partial charge in [-0.3, -0.25) is 24.1 Å². The number of nitrogens with zero attached hydrogens (tertiary/aromatic N) is 1. The molecule has 0 saturated heterocycles. The van der Waals surface area contributed by atoms with E-state index in [2.05, 4.69) is 10.6 Å². The number of ketones is 2. The van der Waals surface area contributed by atoms with Crippen molar-refractivity contribution < 1.29 is 39.6 Å². The third-order valence-electron chi connectivity index (χ3n) is 8.62. The molecule has 1 saturated carbocycles. The van der Waals surface area contributed by atoms with E-state index >= 15 is 0 Å². The molecule has 3 aliphatic carbocycles. The molecular formula is C28H36N4O8. The van der Waals surface area contributed by atoms with Crippen molar-refractivity contribution in [1.82, 2.24) is 10.2 Å². The maximum Gasteiger partial charge on any atom is 0.255 e. The van der Waals surface area contributed by atoms with E-state index in [1.165, 1.54) is 11.0 Å². The van der Waals surface area contributed by atoms with Crippen LogP contribution in [0.25, 0.3) is 5.76 Å². The third-order valence-corrected chi connectivity index (χ3v) is 8.62.